The van der Waals surface area contributed by atoms with Crippen LogP contribution in [0.5, 0.6) is 0 Å². The van der Waals surface area contributed by atoms with Gasteiger partial charge in [-0.05, 0) is 6.42 Å². The molecule has 7 heteroatoms. The van der Waals surface area contributed by atoms with Gasteiger partial charge in [-0.1, -0.05) is 13.3 Å². The van der Waals surface area contributed by atoms with Crippen molar-refractivity contribution in [1.29, 1.82) is 0 Å². The van der Waals surface area contributed by atoms with E-state index < -0.39 is 5.79 Å². The van der Waals surface area contributed by atoms with E-state index in [0.717, 1.165) is 25.2 Å². The highest BCUT2D eigenvalue weighted by molar-refractivity contribution is 5.93. The van der Waals surface area contributed by atoms with E-state index in [-0.39, 0.29) is 5.91 Å². The van der Waals surface area contributed by atoms with Gasteiger partial charge in [0.1, 0.15) is 17.8 Å². The van der Waals surface area contributed by atoms with Gasteiger partial charge in [0, 0.05) is 45.6 Å². The van der Waals surface area contributed by atoms with Crippen LogP contribution >= 0.6 is 0 Å². The molecular formula is C17H26N4O3. The van der Waals surface area contributed by atoms with Crippen molar-refractivity contribution in [3.05, 3.63) is 18.1 Å². The Labute approximate surface area is 143 Å². The van der Waals surface area contributed by atoms with E-state index in [4.69, 9.17) is 9.47 Å². The van der Waals surface area contributed by atoms with Crippen molar-refractivity contribution in [2.24, 2.45) is 0 Å². The molecule has 1 aromatic heterocycles. The predicted octanol–water partition coefficient (Wildman–Crippen LogP) is 1.69. The van der Waals surface area contributed by atoms with Crippen LogP contribution in [-0.4, -0.2) is 66.5 Å². The maximum Gasteiger partial charge on any atom is 0.272 e. The van der Waals surface area contributed by atoms with E-state index >= 15 is 0 Å². The van der Waals surface area contributed by atoms with Crippen molar-refractivity contribution >= 4 is 11.7 Å². The average molecular weight is 334 g/mol. The molecule has 3 rings (SSSR count). The van der Waals surface area contributed by atoms with E-state index in [1.807, 2.05) is 11.9 Å². The number of likely N-dealkylation sites (tertiary alicyclic amines) is 1. The molecule has 0 radical (unpaired) electrons. The minimum atomic E-state index is -0.464. The van der Waals surface area contributed by atoms with Crippen LogP contribution in [0.4, 0.5) is 5.82 Å². The molecule has 2 aliphatic rings. The van der Waals surface area contributed by atoms with Crippen molar-refractivity contribution in [2.75, 3.05) is 44.8 Å². The summed E-state index contributed by atoms with van der Waals surface area (Å²) < 4.78 is 11.4. The Balaban J connectivity index is 1.63. The second kappa shape index (κ2) is 7.44. The second-order valence-corrected chi connectivity index (χ2v) is 6.44. The highest BCUT2D eigenvalue weighted by atomic mass is 16.7. The highest BCUT2D eigenvalue weighted by Gasteiger charge is 2.41. The molecule has 3 heterocycles. The van der Waals surface area contributed by atoms with E-state index in [2.05, 4.69) is 21.8 Å². The summed E-state index contributed by atoms with van der Waals surface area (Å²) in [6, 6.07) is 1.78. The number of aromatic nitrogens is 2. The quantitative estimate of drug-likeness (QED) is 0.816. The average Bonchev–Trinajstić information content (AvgIpc) is 3.08. The Bertz CT molecular complexity index is 565. The fourth-order valence-corrected chi connectivity index (χ4v) is 3.18. The maximum atomic E-state index is 12.7. The van der Waals surface area contributed by atoms with Gasteiger partial charge in [-0.3, -0.25) is 4.79 Å². The summed E-state index contributed by atoms with van der Waals surface area (Å²) >= 11 is 0. The van der Waals surface area contributed by atoms with Crippen LogP contribution in [0.15, 0.2) is 12.4 Å². The lowest BCUT2D eigenvalue weighted by Gasteiger charge is -2.37. The fraction of sp³-hybridized carbons (Fsp3) is 0.706. The molecule has 7 nitrogen and oxygen atoms in total. The van der Waals surface area contributed by atoms with Gasteiger partial charge in [0.15, 0.2) is 5.79 Å². The molecule has 2 saturated heterocycles. The molecule has 0 saturated carbocycles. The first-order valence-electron chi connectivity index (χ1n) is 8.74. The molecule has 1 spiro atoms. The van der Waals surface area contributed by atoms with Crippen molar-refractivity contribution in [3.8, 4) is 0 Å². The minimum Gasteiger partial charge on any atom is -0.360 e. The molecule has 132 valence electrons. The van der Waals surface area contributed by atoms with E-state index in [9.17, 15) is 4.79 Å². The normalized spacial score (nSPS) is 19.7. The van der Waals surface area contributed by atoms with Gasteiger partial charge in [-0.15, -0.1) is 0 Å². The van der Waals surface area contributed by atoms with Crippen LogP contribution in [0.3, 0.4) is 0 Å². The molecule has 2 fully saturated rings. The van der Waals surface area contributed by atoms with Gasteiger partial charge < -0.3 is 19.3 Å². The molecule has 2 aliphatic heterocycles. The molecule has 1 amide bonds. The number of unbranched alkanes of at least 4 members (excludes halogenated alkanes) is 1. The Morgan fingerprint density at radius 2 is 2.00 bits per heavy atom. The van der Waals surface area contributed by atoms with Gasteiger partial charge in [-0.2, -0.15) is 0 Å². The third kappa shape index (κ3) is 3.67. The number of carbonyl (C=O) groups is 1. The molecule has 24 heavy (non-hydrogen) atoms. The summed E-state index contributed by atoms with van der Waals surface area (Å²) in [6.45, 7) is 5.63. The molecule has 0 unspecified atom stereocenters. The zero-order valence-electron chi connectivity index (χ0n) is 14.5. The first kappa shape index (κ1) is 17.1. The van der Waals surface area contributed by atoms with Gasteiger partial charge >= 0.3 is 0 Å². The number of amides is 1. The Morgan fingerprint density at radius 1 is 1.29 bits per heavy atom. The minimum absolute atomic E-state index is 0.0459. The first-order valence-corrected chi connectivity index (χ1v) is 8.74. The highest BCUT2D eigenvalue weighted by Crippen LogP contribution is 2.31. The van der Waals surface area contributed by atoms with Gasteiger partial charge in [0.2, 0.25) is 0 Å². The smallest absolute Gasteiger partial charge is 0.272 e. The molecule has 1 aromatic rings. The number of nitrogens with zero attached hydrogens (tertiary/aromatic N) is 4. The van der Waals surface area contributed by atoms with Crippen LogP contribution in [0, 0.1) is 0 Å². The SMILES string of the molecule is CCCCN(C)c1cc(C(=O)N2CCC3(CC2)OCCO3)ncn1. The molecule has 0 bridgehead atoms. The topological polar surface area (TPSA) is 67.8 Å². The van der Waals surface area contributed by atoms with Crippen LogP contribution in [-0.2, 0) is 9.47 Å². The summed E-state index contributed by atoms with van der Waals surface area (Å²) in [4.78, 5) is 25.1. The number of hydrogen-bond acceptors (Lipinski definition) is 6. The van der Waals surface area contributed by atoms with E-state index in [1.165, 1.54) is 6.33 Å². The Hall–Kier alpha value is -1.73. The maximum absolute atomic E-state index is 12.7. The lowest BCUT2D eigenvalue weighted by atomic mass is 10.0. The van der Waals surface area contributed by atoms with Crippen LogP contribution in [0.25, 0.3) is 0 Å². The third-order valence-electron chi connectivity index (χ3n) is 4.74. The summed E-state index contributed by atoms with van der Waals surface area (Å²) in [5, 5.41) is 0. The molecule has 0 aliphatic carbocycles. The van der Waals surface area contributed by atoms with Gasteiger partial charge in [-0.25, -0.2) is 9.97 Å². The van der Waals surface area contributed by atoms with Crippen molar-refractivity contribution < 1.29 is 14.3 Å². The number of hydrogen-bond donors (Lipinski definition) is 0. The molecule has 0 atom stereocenters. The predicted molar refractivity (Wildman–Crippen MR) is 90.0 cm³/mol. The van der Waals surface area contributed by atoms with Crippen LogP contribution < -0.4 is 4.90 Å². The number of carbonyl (C=O) groups excluding carboxylic acids is 1. The monoisotopic (exact) mass is 334 g/mol. The van der Waals surface area contributed by atoms with Crippen molar-refractivity contribution in [1.82, 2.24) is 14.9 Å². The van der Waals surface area contributed by atoms with Crippen molar-refractivity contribution in [2.45, 2.75) is 38.4 Å². The largest absolute Gasteiger partial charge is 0.360 e. The van der Waals surface area contributed by atoms with Gasteiger partial charge in [0.05, 0.1) is 13.2 Å². The summed E-state index contributed by atoms with van der Waals surface area (Å²) in [6.07, 6.45) is 5.12. The van der Waals surface area contributed by atoms with E-state index in [1.54, 1.807) is 6.07 Å². The van der Waals surface area contributed by atoms with Crippen molar-refractivity contribution in [3.63, 3.8) is 0 Å². The lowest BCUT2D eigenvalue weighted by Crippen LogP contribution is -2.47. The van der Waals surface area contributed by atoms with Crippen LogP contribution in [0.1, 0.15) is 43.1 Å². The fourth-order valence-electron chi connectivity index (χ4n) is 3.18. The van der Waals surface area contributed by atoms with Crippen LogP contribution in [0.2, 0.25) is 0 Å². The lowest BCUT2D eigenvalue weighted by molar-refractivity contribution is -0.181. The molecular weight excluding hydrogens is 308 g/mol. The first-order chi connectivity index (χ1) is 11.6. The third-order valence-corrected chi connectivity index (χ3v) is 4.74. The summed E-state index contributed by atoms with van der Waals surface area (Å²) in [7, 11) is 1.99. The molecule has 0 N–H and O–H groups in total. The Kier molecular flexibility index (Phi) is 5.30. The Morgan fingerprint density at radius 3 is 2.67 bits per heavy atom. The molecule has 0 aromatic carbocycles. The van der Waals surface area contributed by atoms with Gasteiger partial charge in [0.25, 0.3) is 5.91 Å². The number of ether oxygens (including phenoxy) is 2. The number of piperidine rings is 1. The zero-order chi connectivity index (χ0) is 17.0. The second-order valence-electron chi connectivity index (χ2n) is 6.44. The zero-order valence-corrected chi connectivity index (χ0v) is 14.5. The number of anilines is 1. The number of rotatable bonds is 5. The van der Waals surface area contributed by atoms with E-state index in [0.29, 0.717) is 44.8 Å². The summed E-state index contributed by atoms with van der Waals surface area (Å²) in [5.41, 5.74) is 0.451. The standard InChI is InChI=1S/C17H26N4O3/c1-3-4-7-20(2)15-12-14(18-13-19-15)16(22)21-8-5-17(6-9-21)23-10-11-24-17/h12-13H,3-11H2,1-2H3. The summed E-state index contributed by atoms with van der Waals surface area (Å²) in [5.74, 6) is 0.279.